The molecule has 0 aliphatic carbocycles. The molecular weight excluding hydrogens is 391 g/mol. The number of carboxylic acids is 1. The number of halogens is 3. The Kier molecular flexibility index (Phi) is 6.91. The van der Waals surface area contributed by atoms with Gasteiger partial charge in [0.15, 0.2) is 0 Å². The van der Waals surface area contributed by atoms with Crippen molar-refractivity contribution in [3.8, 4) is 0 Å². The molecule has 0 saturated carbocycles. The van der Waals surface area contributed by atoms with Gasteiger partial charge in [0, 0.05) is 45.2 Å². The molecule has 2 aliphatic heterocycles. The zero-order valence-electron chi connectivity index (χ0n) is 15.9. The van der Waals surface area contributed by atoms with Crippen LogP contribution in [-0.4, -0.2) is 67.8 Å². The van der Waals surface area contributed by atoms with Gasteiger partial charge in [-0.3, -0.25) is 9.58 Å². The van der Waals surface area contributed by atoms with Gasteiger partial charge in [0.05, 0.1) is 25.0 Å². The Morgan fingerprint density at radius 1 is 1.28 bits per heavy atom. The summed E-state index contributed by atoms with van der Waals surface area (Å²) in [6.45, 7) is 6.98. The fourth-order valence-corrected chi connectivity index (χ4v) is 3.51. The average Bonchev–Trinajstić information content (AvgIpc) is 3.33. The summed E-state index contributed by atoms with van der Waals surface area (Å²) in [4.78, 5) is 16.1. The Morgan fingerprint density at radius 2 is 2.00 bits per heavy atom. The minimum Gasteiger partial charge on any atom is -0.475 e. The Morgan fingerprint density at radius 3 is 2.62 bits per heavy atom. The molecule has 4 heterocycles. The number of carboxylic acid groups (broad SMARTS) is 1. The summed E-state index contributed by atoms with van der Waals surface area (Å²) in [6.07, 6.45) is 3.16. The van der Waals surface area contributed by atoms with Gasteiger partial charge in [0.25, 0.3) is 0 Å². The summed E-state index contributed by atoms with van der Waals surface area (Å²) in [5.41, 5.74) is 1.25. The second-order valence-electron chi connectivity index (χ2n) is 7.11. The molecule has 8 nitrogen and oxygen atoms in total. The number of ether oxygens (including phenoxy) is 1. The minimum atomic E-state index is -5.08. The topological polar surface area (TPSA) is 85.4 Å². The minimum absolute atomic E-state index is 0.791. The molecule has 0 radical (unpaired) electrons. The molecule has 0 bridgehead atoms. The first-order valence-corrected chi connectivity index (χ1v) is 9.44. The number of rotatable bonds is 4. The largest absolute Gasteiger partial charge is 0.490 e. The third-order valence-electron chi connectivity index (χ3n) is 5.01. The lowest BCUT2D eigenvalue weighted by Crippen LogP contribution is -2.38. The van der Waals surface area contributed by atoms with Crippen LogP contribution in [0.2, 0.25) is 0 Å². The highest BCUT2D eigenvalue weighted by atomic mass is 19.4. The SMILES string of the molecule is O=C(O)C(F)(F)F.c1cnn(Cc2cnc3n2CCN(CC2CCOCC2)C3)c1. The molecule has 2 aliphatic rings. The van der Waals surface area contributed by atoms with Crippen LogP contribution in [-0.2, 0) is 29.2 Å². The molecule has 2 aromatic rings. The Labute approximate surface area is 165 Å². The van der Waals surface area contributed by atoms with Gasteiger partial charge in [0.1, 0.15) is 5.82 Å². The highest BCUT2D eigenvalue weighted by Gasteiger charge is 2.38. The number of imidazole rings is 1. The number of hydrogen-bond acceptors (Lipinski definition) is 5. The predicted molar refractivity (Wildman–Crippen MR) is 96.1 cm³/mol. The molecule has 1 fully saturated rings. The first kappa shape index (κ1) is 21.3. The van der Waals surface area contributed by atoms with Gasteiger partial charge in [0.2, 0.25) is 0 Å². The van der Waals surface area contributed by atoms with Crippen LogP contribution >= 0.6 is 0 Å². The van der Waals surface area contributed by atoms with Crippen molar-refractivity contribution in [1.29, 1.82) is 0 Å². The van der Waals surface area contributed by atoms with Crippen molar-refractivity contribution >= 4 is 5.97 Å². The number of hydrogen-bond donors (Lipinski definition) is 1. The van der Waals surface area contributed by atoms with Gasteiger partial charge in [-0.15, -0.1) is 0 Å². The van der Waals surface area contributed by atoms with Crippen LogP contribution in [0.5, 0.6) is 0 Å². The van der Waals surface area contributed by atoms with Crippen molar-refractivity contribution < 1.29 is 27.8 Å². The maximum absolute atomic E-state index is 10.6. The van der Waals surface area contributed by atoms with Crippen molar-refractivity contribution in [3.05, 3.63) is 36.2 Å². The molecule has 4 rings (SSSR count). The van der Waals surface area contributed by atoms with E-state index in [1.165, 1.54) is 30.9 Å². The van der Waals surface area contributed by atoms with Gasteiger partial charge >= 0.3 is 12.1 Å². The number of nitrogens with zero attached hydrogens (tertiary/aromatic N) is 5. The van der Waals surface area contributed by atoms with E-state index in [2.05, 4.69) is 19.5 Å². The monoisotopic (exact) mass is 415 g/mol. The molecule has 0 atom stereocenters. The van der Waals surface area contributed by atoms with Crippen molar-refractivity contribution in [3.63, 3.8) is 0 Å². The molecule has 1 saturated heterocycles. The number of alkyl halides is 3. The summed E-state index contributed by atoms with van der Waals surface area (Å²) in [6, 6.07) is 1.96. The molecule has 0 amide bonds. The Bertz CT molecular complexity index is 785. The van der Waals surface area contributed by atoms with Gasteiger partial charge < -0.3 is 14.4 Å². The van der Waals surface area contributed by atoms with Crippen molar-refractivity contribution in [2.45, 2.75) is 38.7 Å². The molecule has 11 heteroatoms. The van der Waals surface area contributed by atoms with Crippen molar-refractivity contribution in [1.82, 2.24) is 24.2 Å². The van der Waals surface area contributed by atoms with E-state index in [-0.39, 0.29) is 0 Å². The number of aliphatic carboxylic acids is 1. The van der Waals surface area contributed by atoms with E-state index in [9.17, 15) is 13.2 Å². The fourth-order valence-electron chi connectivity index (χ4n) is 3.51. The number of fused-ring (bicyclic) bond motifs is 1. The lowest BCUT2D eigenvalue weighted by Gasteiger charge is -2.33. The standard InChI is InChI=1S/C16H23N5O.C2HF3O2/c1-4-18-20(5-1)12-15-10-17-16-13-19(6-7-21(15)16)11-14-2-8-22-9-3-14;3-2(4,5)1(6)7/h1,4-5,10,14H,2-3,6-9,11-13H2;(H,6,7). The Balaban J connectivity index is 0.000000298. The third kappa shape index (κ3) is 6.04. The van der Waals surface area contributed by atoms with E-state index < -0.39 is 12.1 Å². The fraction of sp³-hybridized carbons (Fsp3) is 0.611. The quantitative estimate of drug-likeness (QED) is 0.822. The molecule has 0 unspecified atom stereocenters. The molecule has 29 heavy (non-hydrogen) atoms. The van der Waals surface area contributed by atoms with Gasteiger partial charge in [-0.1, -0.05) is 0 Å². The van der Waals surface area contributed by atoms with Gasteiger partial charge in [-0.05, 0) is 24.8 Å². The van der Waals surface area contributed by atoms with Gasteiger partial charge in [-0.2, -0.15) is 18.3 Å². The van der Waals surface area contributed by atoms with Crippen LogP contribution in [0.1, 0.15) is 24.4 Å². The predicted octanol–water partition coefficient (Wildman–Crippen LogP) is 2.00. The van der Waals surface area contributed by atoms with E-state index in [1.807, 2.05) is 29.3 Å². The number of aromatic nitrogens is 4. The second kappa shape index (κ2) is 9.40. The van der Waals surface area contributed by atoms with Crippen LogP contribution in [0.25, 0.3) is 0 Å². The summed E-state index contributed by atoms with van der Waals surface area (Å²) in [7, 11) is 0. The average molecular weight is 415 g/mol. The summed E-state index contributed by atoms with van der Waals surface area (Å²) < 4.78 is 41.5. The highest BCUT2D eigenvalue weighted by molar-refractivity contribution is 5.73. The van der Waals surface area contributed by atoms with Crippen LogP contribution < -0.4 is 0 Å². The van der Waals surface area contributed by atoms with Crippen LogP contribution in [0.3, 0.4) is 0 Å². The van der Waals surface area contributed by atoms with Crippen molar-refractivity contribution in [2.24, 2.45) is 5.92 Å². The normalized spacial score (nSPS) is 18.0. The van der Waals surface area contributed by atoms with E-state index in [0.29, 0.717) is 0 Å². The van der Waals surface area contributed by atoms with E-state index >= 15 is 0 Å². The van der Waals surface area contributed by atoms with E-state index in [4.69, 9.17) is 14.6 Å². The van der Waals surface area contributed by atoms with Crippen LogP contribution in [0.4, 0.5) is 13.2 Å². The lowest BCUT2D eigenvalue weighted by molar-refractivity contribution is -0.192. The summed E-state index contributed by atoms with van der Waals surface area (Å²) in [5, 5.41) is 11.4. The summed E-state index contributed by atoms with van der Waals surface area (Å²) in [5.74, 6) is -0.772. The molecular formula is C18H24F3N5O3. The Hall–Kier alpha value is -2.40. The highest BCUT2D eigenvalue weighted by Crippen LogP contribution is 2.20. The first-order valence-electron chi connectivity index (χ1n) is 9.44. The first-order chi connectivity index (χ1) is 13.8. The molecule has 0 aromatic carbocycles. The molecule has 2 aromatic heterocycles. The summed E-state index contributed by atoms with van der Waals surface area (Å²) >= 11 is 0. The molecule has 0 spiro atoms. The molecule has 1 N–H and O–H groups in total. The van der Waals surface area contributed by atoms with E-state index in [1.54, 1.807) is 0 Å². The zero-order valence-corrected chi connectivity index (χ0v) is 15.9. The molecule has 160 valence electrons. The van der Waals surface area contributed by atoms with Crippen LogP contribution in [0, 0.1) is 5.92 Å². The number of carbonyl (C=O) groups is 1. The van der Waals surface area contributed by atoms with Crippen molar-refractivity contribution in [2.75, 3.05) is 26.3 Å². The van der Waals surface area contributed by atoms with Crippen LogP contribution in [0.15, 0.2) is 24.7 Å². The van der Waals surface area contributed by atoms with E-state index in [0.717, 1.165) is 45.3 Å². The van der Waals surface area contributed by atoms with Gasteiger partial charge in [-0.25, -0.2) is 9.78 Å². The second-order valence-corrected chi connectivity index (χ2v) is 7.11. The maximum atomic E-state index is 10.6. The smallest absolute Gasteiger partial charge is 0.475 e. The lowest BCUT2D eigenvalue weighted by atomic mass is 9.99. The third-order valence-corrected chi connectivity index (χ3v) is 5.01. The maximum Gasteiger partial charge on any atom is 0.490 e. The zero-order chi connectivity index (χ0) is 20.9.